The molecule has 2 aliphatic heterocycles. The number of hydrogen-bond donors (Lipinski definition) is 1. The summed E-state index contributed by atoms with van der Waals surface area (Å²) in [6.45, 7) is 4.40. The zero-order chi connectivity index (χ0) is 21.1. The lowest BCUT2D eigenvalue weighted by molar-refractivity contribution is 0.0581. The molecule has 30 heavy (non-hydrogen) atoms. The SMILES string of the molecule is CN1c2ccccc2C(C)(C)C12C=Cc1cc(C(=O)c3ccc(O)cc3)ccc1O2. The number of anilines is 1. The molecule has 1 spiro atoms. The number of rotatable bonds is 2. The number of fused-ring (bicyclic) bond motifs is 2. The van der Waals surface area contributed by atoms with Gasteiger partial charge in [-0.15, -0.1) is 0 Å². The van der Waals surface area contributed by atoms with Crippen LogP contribution in [-0.2, 0) is 5.41 Å². The molecule has 1 atom stereocenters. The molecule has 0 radical (unpaired) electrons. The normalized spacial score (nSPS) is 20.6. The molecular formula is C26H23NO3. The third-order valence-electron chi connectivity index (χ3n) is 6.49. The van der Waals surface area contributed by atoms with Gasteiger partial charge in [-0.3, -0.25) is 4.79 Å². The number of aromatic hydroxyl groups is 1. The molecule has 0 saturated heterocycles. The fourth-order valence-corrected chi connectivity index (χ4v) is 4.70. The number of ketones is 1. The summed E-state index contributed by atoms with van der Waals surface area (Å²) in [4.78, 5) is 15.0. The van der Waals surface area contributed by atoms with Crippen molar-refractivity contribution < 1.29 is 14.6 Å². The van der Waals surface area contributed by atoms with E-state index in [4.69, 9.17) is 4.74 Å². The van der Waals surface area contributed by atoms with Crippen molar-refractivity contribution in [1.82, 2.24) is 0 Å². The first-order valence-electron chi connectivity index (χ1n) is 10.0. The van der Waals surface area contributed by atoms with Crippen LogP contribution in [0.1, 0.15) is 40.9 Å². The van der Waals surface area contributed by atoms with E-state index in [-0.39, 0.29) is 16.9 Å². The van der Waals surface area contributed by atoms with Gasteiger partial charge in [0, 0.05) is 29.4 Å². The maximum absolute atomic E-state index is 12.8. The average molecular weight is 397 g/mol. The molecule has 150 valence electrons. The maximum Gasteiger partial charge on any atom is 0.211 e. The van der Waals surface area contributed by atoms with Crippen LogP contribution in [0.2, 0.25) is 0 Å². The van der Waals surface area contributed by atoms with Crippen LogP contribution in [0.25, 0.3) is 6.08 Å². The lowest BCUT2D eigenvalue weighted by atomic mass is 9.76. The molecule has 1 N–H and O–H groups in total. The summed E-state index contributed by atoms with van der Waals surface area (Å²) in [7, 11) is 2.06. The number of hydrogen-bond acceptors (Lipinski definition) is 4. The van der Waals surface area contributed by atoms with Crippen LogP contribution < -0.4 is 9.64 Å². The van der Waals surface area contributed by atoms with Gasteiger partial charge in [-0.2, -0.15) is 0 Å². The highest BCUT2D eigenvalue weighted by Gasteiger charge is 2.57. The molecule has 0 fully saturated rings. The second kappa shape index (κ2) is 6.23. The van der Waals surface area contributed by atoms with E-state index in [1.165, 1.54) is 17.7 Å². The zero-order valence-corrected chi connectivity index (χ0v) is 17.2. The molecule has 0 amide bonds. The van der Waals surface area contributed by atoms with Crippen molar-refractivity contribution >= 4 is 17.5 Å². The third-order valence-corrected chi connectivity index (χ3v) is 6.49. The second-order valence-electron chi connectivity index (χ2n) is 8.46. The molecule has 4 heteroatoms. The first kappa shape index (κ1) is 18.5. The molecule has 0 aromatic heterocycles. The van der Waals surface area contributed by atoms with E-state index in [2.05, 4.69) is 56.1 Å². The van der Waals surface area contributed by atoms with Gasteiger partial charge in [0.2, 0.25) is 5.72 Å². The van der Waals surface area contributed by atoms with E-state index in [9.17, 15) is 9.90 Å². The summed E-state index contributed by atoms with van der Waals surface area (Å²) in [5.41, 5.74) is 3.53. The Morgan fingerprint density at radius 2 is 1.67 bits per heavy atom. The van der Waals surface area contributed by atoms with E-state index in [1.807, 2.05) is 18.2 Å². The summed E-state index contributed by atoms with van der Waals surface area (Å²) >= 11 is 0. The quantitative estimate of drug-likeness (QED) is 0.608. The number of phenolic OH excluding ortho intramolecular Hbond substituents is 1. The molecule has 1 unspecified atom stereocenters. The highest BCUT2D eigenvalue weighted by Crippen LogP contribution is 2.54. The minimum absolute atomic E-state index is 0.0859. The summed E-state index contributed by atoms with van der Waals surface area (Å²) in [6, 6.07) is 20.2. The molecule has 3 aromatic rings. The van der Waals surface area contributed by atoms with Gasteiger partial charge in [0.15, 0.2) is 5.78 Å². The Labute approximate surface area is 176 Å². The van der Waals surface area contributed by atoms with E-state index in [0.717, 1.165) is 17.0 Å². The smallest absolute Gasteiger partial charge is 0.211 e. The zero-order valence-electron chi connectivity index (χ0n) is 17.2. The Morgan fingerprint density at radius 3 is 2.40 bits per heavy atom. The molecule has 0 bridgehead atoms. The van der Waals surface area contributed by atoms with Crippen LogP contribution in [-0.4, -0.2) is 23.7 Å². The van der Waals surface area contributed by atoms with Gasteiger partial charge in [-0.05, 0) is 80.1 Å². The highest BCUT2D eigenvalue weighted by molar-refractivity contribution is 6.09. The Morgan fingerprint density at radius 1 is 0.967 bits per heavy atom. The minimum atomic E-state index is -0.633. The molecule has 0 aliphatic carbocycles. The van der Waals surface area contributed by atoms with E-state index >= 15 is 0 Å². The molecule has 5 rings (SSSR count). The number of carbonyl (C=O) groups excluding carboxylic acids is 1. The van der Waals surface area contributed by atoms with Gasteiger partial charge in [-0.25, -0.2) is 0 Å². The van der Waals surface area contributed by atoms with Gasteiger partial charge in [0.05, 0.1) is 5.41 Å². The lowest BCUT2D eigenvalue weighted by Crippen LogP contribution is -2.58. The van der Waals surface area contributed by atoms with Crippen molar-refractivity contribution in [2.45, 2.75) is 25.0 Å². The predicted molar refractivity (Wildman–Crippen MR) is 118 cm³/mol. The van der Waals surface area contributed by atoms with Crippen LogP contribution in [0.3, 0.4) is 0 Å². The molecule has 3 aromatic carbocycles. The van der Waals surface area contributed by atoms with E-state index < -0.39 is 5.72 Å². The Kier molecular flexibility index (Phi) is 3.84. The molecular weight excluding hydrogens is 374 g/mol. The Bertz CT molecular complexity index is 1190. The Balaban J connectivity index is 1.52. The molecule has 4 nitrogen and oxygen atoms in total. The predicted octanol–water partition coefficient (Wildman–Crippen LogP) is 5.15. The van der Waals surface area contributed by atoms with Gasteiger partial charge in [-0.1, -0.05) is 18.2 Å². The van der Waals surface area contributed by atoms with E-state index in [1.54, 1.807) is 18.2 Å². The second-order valence-corrected chi connectivity index (χ2v) is 8.46. The standard InChI is InChI=1S/C26H23NO3/c1-25(2)21-6-4-5-7-22(21)27(3)26(25)15-14-18-16-19(10-13-23(18)30-26)24(29)17-8-11-20(28)12-9-17/h4-16,28H,1-3H3. The summed E-state index contributed by atoms with van der Waals surface area (Å²) in [5.74, 6) is 0.813. The topological polar surface area (TPSA) is 49.8 Å². The van der Waals surface area contributed by atoms with Crippen LogP contribution in [0.5, 0.6) is 11.5 Å². The number of nitrogens with zero attached hydrogens (tertiary/aromatic N) is 1. The number of likely N-dealkylation sites (N-methyl/N-ethyl adjacent to an activating group) is 1. The number of carbonyl (C=O) groups is 1. The number of ether oxygens (including phenoxy) is 1. The van der Waals surface area contributed by atoms with Crippen molar-refractivity contribution in [3.63, 3.8) is 0 Å². The number of para-hydroxylation sites is 1. The highest BCUT2D eigenvalue weighted by atomic mass is 16.5. The monoisotopic (exact) mass is 397 g/mol. The van der Waals surface area contributed by atoms with Gasteiger partial charge in [0.1, 0.15) is 11.5 Å². The van der Waals surface area contributed by atoms with Crippen molar-refractivity contribution in [3.8, 4) is 11.5 Å². The van der Waals surface area contributed by atoms with Crippen LogP contribution in [0.4, 0.5) is 5.69 Å². The van der Waals surface area contributed by atoms with Crippen molar-refractivity contribution in [2.24, 2.45) is 0 Å². The van der Waals surface area contributed by atoms with Crippen molar-refractivity contribution in [2.75, 3.05) is 11.9 Å². The number of phenols is 1. The molecule has 0 saturated carbocycles. The van der Waals surface area contributed by atoms with E-state index in [0.29, 0.717) is 11.1 Å². The first-order valence-corrected chi connectivity index (χ1v) is 10.0. The van der Waals surface area contributed by atoms with Crippen LogP contribution >= 0.6 is 0 Å². The lowest BCUT2D eigenvalue weighted by Gasteiger charge is -2.45. The van der Waals surface area contributed by atoms with Gasteiger partial charge in [0.25, 0.3) is 0 Å². The minimum Gasteiger partial charge on any atom is -0.508 e. The maximum atomic E-state index is 12.8. The molecule has 2 heterocycles. The van der Waals surface area contributed by atoms with Crippen LogP contribution in [0.15, 0.2) is 72.8 Å². The summed E-state index contributed by atoms with van der Waals surface area (Å²) < 4.78 is 6.64. The Hall–Kier alpha value is -3.53. The number of benzene rings is 3. The largest absolute Gasteiger partial charge is 0.508 e. The fourth-order valence-electron chi connectivity index (χ4n) is 4.70. The summed E-state index contributed by atoms with van der Waals surface area (Å²) in [5, 5.41) is 9.46. The van der Waals surface area contributed by atoms with Crippen molar-refractivity contribution in [1.29, 1.82) is 0 Å². The van der Waals surface area contributed by atoms with Crippen molar-refractivity contribution in [3.05, 3.63) is 95.1 Å². The summed E-state index contributed by atoms with van der Waals surface area (Å²) in [6.07, 6.45) is 4.15. The van der Waals surface area contributed by atoms with Gasteiger partial charge >= 0.3 is 0 Å². The fraction of sp³-hybridized carbons (Fsp3) is 0.192. The average Bonchev–Trinajstić information content (AvgIpc) is 2.92. The first-order chi connectivity index (χ1) is 14.3. The van der Waals surface area contributed by atoms with Crippen LogP contribution in [0, 0.1) is 0 Å². The molecule has 2 aliphatic rings. The van der Waals surface area contributed by atoms with Gasteiger partial charge < -0.3 is 14.7 Å². The third kappa shape index (κ3) is 2.43.